The predicted octanol–water partition coefficient (Wildman–Crippen LogP) is 1.78. The molecule has 4 heteroatoms. The third-order valence-electron chi connectivity index (χ3n) is 2.65. The molecule has 0 spiro atoms. The summed E-state index contributed by atoms with van der Waals surface area (Å²) >= 11 is 1.91. The monoisotopic (exact) mass is 229 g/mol. The first-order chi connectivity index (χ1) is 7.15. The Balaban J connectivity index is 2.37. The van der Waals surface area contributed by atoms with E-state index in [4.69, 9.17) is 5.73 Å². The molecule has 1 unspecified atom stereocenters. The van der Waals surface area contributed by atoms with Gasteiger partial charge in [0.1, 0.15) is 0 Å². The summed E-state index contributed by atoms with van der Waals surface area (Å²) in [7, 11) is 0. The van der Waals surface area contributed by atoms with Crippen LogP contribution in [0.5, 0.6) is 0 Å². The molecule has 15 heavy (non-hydrogen) atoms. The van der Waals surface area contributed by atoms with Crippen molar-refractivity contribution in [3.63, 3.8) is 0 Å². The lowest BCUT2D eigenvalue weighted by Gasteiger charge is -2.27. The molecule has 0 amide bonds. The first-order valence-corrected chi connectivity index (χ1v) is 7.10. The van der Waals surface area contributed by atoms with Crippen LogP contribution in [0, 0.1) is 5.92 Å². The zero-order valence-electron chi connectivity index (χ0n) is 10.1. The van der Waals surface area contributed by atoms with E-state index in [1.807, 2.05) is 11.8 Å². The lowest BCUT2D eigenvalue weighted by Crippen LogP contribution is -2.42. The Morgan fingerprint density at radius 1 is 1.60 bits per heavy atom. The van der Waals surface area contributed by atoms with Crippen LogP contribution in [-0.4, -0.2) is 42.0 Å². The number of aliphatic imine (C=N–C) groups is 1. The van der Waals surface area contributed by atoms with Crippen LogP contribution in [0.15, 0.2) is 4.99 Å². The van der Waals surface area contributed by atoms with Crippen LogP contribution in [0.4, 0.5) is 0 Å². The van der Waals surface area contributed by atoms with E-state index in [0.717, 1.165) is 19.0 Å². The SMILES string of the molecule is CSCCCC1CN=C(N)N1CC(C)C. The van der Waals surface area contributed by atoms with E-state index in [9.17, 15) is 0 Å². The van der Waals surface area contributed by atoms with Gasteiger partial charge in [0.25, 0.3) is 0 Å². The van der Waals surface area contributed by atoms with Crippen LogP contribution in [0.3, 0.4) is 0 Å². The topological polar surface area (TPSA) is 41.6 Å². The van der Waals surface area contributed by atoms with E-state index in [1.54, 1.807) is 0 Å². The summed E-state index contributed by atoms with van der Waals surface area (Å²) in [5.74, 6) is 2.64. The van der Waals surface area contributed by atoms with Crippen molar-refractivity contribution in [2.24, 2.45) is 16.6 Å². The minimum absolute atomic E-state index is 0.555. The molecule has 0 aromatic carbocycles. The van der Waals surface area contributed by atoms with Gasteiger partial charge in [0, 0.05) is 6.54 Å². The van der Waals surface area contributed by atoms with E-state index < -0.39 is 0 Å². The molecule has 1 aliphatic rings. The quantitative estimate of drug-likeness (QED) is 0.706. The van der Waals surface area contributed by atoms with Gasteiger partial charge in [-0.2, -0.15) is 11.8 Å². The van der Waals surface area contributed by atoms with Crippen LogP contribution in [0.25, 0.3) is 0 Å². The molecule has 1 atom stereocenters. The molecule has 0 aromatic rings. The van der Waals surface area contributed by atoms with Gasteiger partial charge in [-0.1, -0.05) is 13.8 Å². The highest BCUT2D eigenvalue weighted by atomic mass is 32.2. The number of thioether (sulfide) groups is 1. The zero-order chi connectivity index (χ0) is 11.3. The van der Waals surface area contributed by atoms with Gasteiger partial charge in [-0.15, -0.1) is 0 Å². The van der Waals surface area contributed by atoms with Gasteiger partial charge in [-0.25, -0.2) is 0 Å². The standard InChI is InChI=1S/C11H23N3S/c1-9(2)8-14-10(5-4-6-15-3)7-13-11(14)12/h9-10H,4-8H2,1-3H3,(H2,12,13). The van der Waals surface area contributed by atoms with Crippen molar-refractivity contribution >= 4 is 17.7 Å². The summed E-state index contributed by atoms with van der Waals surface area (Å²) in [4.78, 5) is 6.63. The fourth-order valence-corrected chi connectivity index (χ4v) is 2.38. The largest absolute Gasteiger partial charge is 0.370 e. The molecular weight excluding hydrogens is 206 g/mol. The van der Waals surface area contributed by atoms with Gasteiger partial charge >= 0.3 is 0 Å². The molecule has 1 heterocycles. The van der Waals surface area contributed by atoms with E-state index in [1.165, 1.54) is 18.6 Å². The maximum absolute atomic E-state index is 5.89. The third-order valence-corrected chi connectivity index (χ3v) is 3.34. The van der Waals surface area contributed by atoms with Crippen LogP contribution >= 0.6 is 11.8 Å². The molecule has 3 nitrogen and oxygen atoms in total. The molecule has 1 aliphatic heterocycles. The molecule has 0 radical (unpaired) electrons. The van der Waals surface area contributed by atoms with E-state index in [0.29, 0.717) is 12.0 Å². The molecule has 88 valence electrons. The Kier molecular flexibility index (Phi) is 5.29. The number of guanidine groups is 1. The van der Waals surface area contributed by atoms with Gasteiger partial charge in [0.15, 0.2) is 5.96 Å². The lowest BCUT2D eigenvalue weighted by molar-refractivity contribution is 0.291. The summed E-state index contributed by atoms with van der Waals surface area (Å²) < 4.78 is 0. The van der Waals surface area contributed by atoms with Crippen molar-refractivity contribution in [3.8, 4) is 0 Å². The average molecular weight is 229 g/mol. The van der Waals surface area contributed by atoms with Crippen molar-refractivity contribution in [1.29, 1.82) is 0 Å². The molecule has 0 fully saturated rings. The Bertz CT molecular complexity index is 216. The highest BCUT2D eigenvalue weighted by molar-refractivity contribution is 7.98. The molecule has 0 aliphatic carbocycles. The molecule has 0 aromatic heterocycles. The summed E-state index contributed by atoms with van der Waals surface area (Å²) in [6, 6.07) is 0.555. The molecule has 2 N–H and O–H groups in total. The van der Waals surface area contributed by atoms with Crippen LogP contribution in [-0.2, 0) is 0 Å². The average Bonchev–Trinajstić information content (AvgIpc) is 2.49. The Hall–Kier alpha value is -0.380. The van der Waals surface area contributed by atoms with Crippen molar-refractivity contribution in [2.45, 2.75) is 32.7 Å². The molecule has 0 saturated carbocycles. The predicted molar refractivity (Wildman–Crippen MR) is 69.4 cm³/mol. The summed E-state index contributed by atoms with van der Waals surface area (Å²) in [6.07, 6.45) is 4.65. The summed E-state index contributed by atoms with van der Waals surface area (Å²) in [5.41, 5.74) is 5.89. The normalized spacial score (nSPS) is 21.2. The third kappa shape index (κ3) is 3.93. The smallest absolute Gasteiger partial charge is 0.191 e. The fraction of sp³-hybridized carbons (Fsp3) is 0.909. The molecule has 1 rings (SSSR count). The first kappa shape index (κ1) is 12.7. The zero-order valence-corrected chi connectivity index (χ0v) is 10.9. The molecule has 0 saturated heterocycles. The van der Waals surface area contributed by atoms with E-state index in [2.05, 4.69) is 30.0 Å². The summed E-state index contributed by atoms with van der Waals surface area (Å²) in [6.45, 7) is 6.39. The van der Waals surface area contributed by atoms with Crippen molar-refractivity contribution in [1.82, 2.24) is 4.90 Å². The van der Waals surface area contributed by atoms with Crippen LogP contribution < -0.4 is 5.73 Å². The van der Waals surface area contributed by atoms with Gasteiger partial charge in [-0.3, -0.25) is 4.99 Å². The second kappa shape index (κ2) is 6.26. The fourth-order valence-electron chi connectivity index (χ4n) is 1.92. The highest BCUT2D eigenvalue weighted by Gasteiger charge is 2.25. The Labute approximate surface area is 97.5 Å². The lowest BCUT2D eigenvalue weighted by atomic mass is 10.1. The van der Waals surface area contributed by atoms with Gasteiger partial charge in [0.2, 0.25) is 0 Å². The van der Waals surface area contributed by atoms with Crippen LogP contribution in [0.2, 0.25) is 0 Å². The first-order valence-electron chi connectivity index (χ1n) is 5.70. The van der Waals surface area contributed by atoms with Crippen molar-refractivity contribution < 1.29 is 0 Å². The highest BCUT2D eigenvalue weighted by Crippen LogP contribution is 2.16. The summed E-state index contributed by atoms with van der Waals surface area (Å²) in [5, 5.41) is 0. The van der Waals surface area contributed by atoms with E-state index >= 15 is 0 Å². The number of hydrogen-bond acceptors (Lipinski definition) is 4. The Morgan fingerprint density at radius 3 is 2.93 bits per heavy atom. The Morgan fingerprint density at radius 2 is 2.33 bits per heavy atom. The van der Waals surface area contributed by atoms with Gasteiger partial charge < -0.3 is 10.6 Å². The number of hydrogen-bond donors (Lipinski definition) is 1. The second-order valence-corrected chi connectivity index (χ2v) is 5.52. The molecular formula is C11H23N3S. The minimum atomic E-state index is 0.555. The van der Waals surface area contributed by atoms with Gasteiger partial charge in [0.05, 0.1) is 12.6 Å². The van der Waals surface area contributed by atoms with Crippen LogP contribution in [0.1, 0.15) is 26.7 Å². The second-order valence-electron chi connectivity index (χ2n) is 4.53. The number of rotatable bonds is 6. The van der Waals surface area contributed by atoms with E-state index in [-0.39, 0.29) is 0 Å². The molecule has 0 bridgehead atoms. The maximum atomic E-state index is 5.89. The van der Waals surface area contributed by atoms with Gasteiger partial charge in [-0.05, 0) is 30.8 Å². The number of nitrogens with two attached hydrogens (primary N) is 1. The maximum Gasteiger partial charge on any atom is 0.191 e. The van der Waals surface area contributed by atoms with Crippen molar-refractivity contribution in [2.75, 3.05) is 25.1 Å². The number of nitrogens with zero attached hydrogens (tertiary/aromatic N) is 2. The van der Waals surface area contributed by atoms with Crippen molar-refractivity contribution in [3.05, 3.63) is 0 Å². The minimum Gasteiger partial charge on any atom is -0.370 e.